The highest BCUT2D eigenvalue weighted by molar-refractivity contribution is 6.07. The number of nitrogen functional groups attached to an aromatic ring is 1. The molecule has 36 heavy (non-hydrogen) atoms. The van der Waals surface area contributed by atoms with Crippen molar-refractivity contribution in [2.75, 3.05) is 14.1 Å². The Balaban J connectivity index is 1.38. The number of aromatic hydroxyl groups is 1. The number of carbonyl (C=O) groups is 2. The molecule has 0 bridgehead atoms. The van der Waals surface area contributed by atoms with Gasteiger partial charge in [-0.15, -0.1) is 0 Å². The maximum Gasteiger partial charge on any atom is 0.334 e. The maximum atomic E-state index is 13.5. The summed E-state index contributed by atoms with van der Waals surface area (Å²) in [6.45, 7) is 0.283. The van der Waals surface area contributed by atoms with Gasteiger partial charge in [0.2, 0.25) is 5.88 Å². The number of carbonyl (C=O) groups excluding carboxylic acids is 2. The lowest BCUT2D eigenvalue weighted by Gasteiger charge is -2.57. The Morgan fingerprint density at radius 3 is 2.19 bits per heavy atom. The third-order valence-corrected chi connectivity index (χ3v) is 9.49. The van der Waals surface area contributed by atoms with Crippen LogP contribution in [0.25, 0.3) is 0 Å². The van der Waals surface area contributed by atoms with E-state index in [9.17, 15) is 24.3 Å². The molecule has 1 saturated heterocycles. The predicted octanol–water partition coefficient (Wildman–Crippen LogP) is 1.74. The highest BCUT2D eigenvalue weighted by Crippen LogP contribution is 2.61. The molecule has 0 radical (unpaired) electrons. The van der Waals surface area contributed by atoms with Gasteiger partial charge in [0.25, 0.3) is 11.5 Å². The first-order valence-corrected chi connectivity index (χ1v) is 13.0. The van der Waals surface area contributed by atoms with Crippen molar-refractivity contribution in [2.45, 2.75) is 88.8 Å². The number of imide groups is 1. The number of hydrogen-bond acceptors (Lipinski definition) is 6. The molecule has 0 unspecified atom stereocenters. The van der Waals surface area contributed by atoms with Crippen LogP contribution < -0.4 is 17.0 Å². The third-order valence-electron chi connectivity index (χ3n) is 9.49. The molecule has 3 saturated carbocycles. The molecule has 4 N–H and O–H groups in total. The van der Waals surface area contributed by atoms with E-state index >= 15 is 0 Å². The van der Waals surface area contributed by atoms with Crippen LogP contribution >= 0.6 is 0 Å². The van der Waals surface area contributed by atoms with Gasteiger partial charge in [0.05, 0.1) is 0 Å². The van der Waals surface area contributed by atoms with Crippen LogP contribution in [-0.4, -0.2) is 61.4 Å². The average Bonchev–Trinajstić information content (AvgIpc) is 3.39. The number of rotatable bonds is 5. The van der Waals surface area contributed by atoms with E-state index in [1.807, 2.05) is 0 Å². The summed E-state index contributed by atoms with van der Waals surface area (Å²) in [6, 6.07) is -0.654. The zero-order chi connectivity index (χ0) is 26.0. The number of nitrogens with two attached hydrogens (primary N) is 1. The van der Waals surface area contributed by atoms with Gasteiger partial charge in [0.15, 0.2) is 0 Å². The largest absolute Gasteiger partial charge is 0.494 e. The summed E-state index contributed by atoms with van der Waals surface area (Å²) < 4.78 is 2.41. The van der Waals surface area contributed by atoms with Crippen molar-refractivity contribution in [1.82, 2.24) is 18.9 Å². The lowest BCUT2D eigenvalue weighted by Crippen LogP contribution is -2.63. The minimum absolute atomic E-state index is 0.0999. The van der Waals surface area contributed by atoms with Crippen LogP contribution in [0.15, 0.2) is 9.59 Å². The van der Waals surface area contributed by atoms with E-state index in [0.29, 0.717) is 31.6 Å². The average molecular weight is 501 g/mol. The number of amides is 3. The molecule has 3 aliphatic carbocycles. The SMILES string of the molecule is CN1C(=O)N(C)C2(CC3(CCC(n4c(=O)c(C(=N)N)c(O)n(CCC5CCCC5)c4=O)CC3)C2)C1=O. The van der Waals surface area contributed by atoms with Crippen LogP contribution in [0.1, 0.15) is 82.2 Å². The lowest BCUT2D eigenvalue weighted by atomic mass is 9.51. The molecule has 1 aliphatic heterocycles. The quantitative estimate of drug-likeness (QED) is 0.318. The summed E-state index contributed by atoms with van der Waals surface area (Å²) in [6.07, 6.45) is 9.02. The van der Waals surface area contributed by atoms with Gasteiger partial charge >= 0.3 is 11.7 Å². The second-order valence-corrected chi connectivity index (χ2v) is 11.5. The molecule has 196 valence electrons. The molecular formula is C25H36N6O5. The fourth-order valence-electron chi connectivity index (χ4n) is 7.38. The minimum Gasteiger partial charge on any atom is -0.494 e. The molecule has 0 aromatic carbocycles. The van der Waals surface area contributed by atoms with Crippen molar-refractivity contribution >= 4 is 17.8 Å². The monoisotopic (exact) mass is 500 g/mol. The topological polar surface area (TPSA) is 155 Å². The zero-order valence-electron chi connectivity index (χ0n) is 21.1. The fraction of sp³-hybridized carbons (Fsp3) is 0.720. The second kappa shape index (κ2) is 8.48. The normalized spacial score (nSPS) is 30.6. The van der Waals surface area contributed by atoms with E-state index < -0.39 is 28.5 Å². The Morgan fingerprint density at radius 2 is 1.67 bits per heavy atom. The van der Waals surface area contributed by atoms with Crippen LogP contribution in [0, 0.1) is 16.7 Å². The number of likely N-dealkylation sites (N-methyl/N-ethyl adjacent to an activating group) is 2. The van der Waals surface area contributed by atoms with Gasteiger partial charge in [-0.2, -0.15) is 0 Å². The van der Waals surface area contributed by atoms with Crippen LogP contribution in [0.2, 0.25) is 0 Å². The van der Waals surface area contributed by atoms with Gasteiger partial charge in [-0.3, -0.25) is 29.0 Å². The number of hydrogen-bond donors (Lipinski definition) is 3. The maximum absolute atomic E-state index is 13.5. The van der Waals surface area contributed by atoms with E-state index in [4.69, 9.17) is 11.1 Å². The Hall–Kier alpha value is -3.11. The van der Waals surface area contributed by atoms with Crippen molar-refractivity contribution < 1.29 is 14.7 Å². The lowest BCUT2D eigenvalue weighted by molar-refractivity contribution is -0.148. The minimum atomic E-state index is -0.775. The summed E-state index contributed by atoms with van der Waals surface area (Å²) in [4.78, 5) is 54.5. The van der Waals surface area contributed by atoms with Gasteiger partial charge in [-0.1, -0.05) is 25.7 Å². The van der Waals surface area contributed by atoms with E-state index in [-0.39, 0.29) is 35.5 Å². The summed E-state index contributed by atoms with van der Waals surface area (Å²) in [5, 5.41) is 18.6. The summed E-state index contributed by atoms with van der Waals surface area (Å²) >= 11 is 0. The molecule has 1 aromatic heterocycles. The van der Waals surface area contributed by atoms with E-state index in [0.717, 1.165) is 32.1 Å². The van der Waals surface area contributed by atoms with Crippen molar-refractivity contribution in [2.24, 2.45) is 17.1 Å². The summed E-state index contributed by atoms with van der Waals surface area (Å²) in [5.41, 5.74) is 3.21. The number of nitrogens with one attached hydrogen (secondary N) is 1. The van der Waals surface area contributed by atoms with Crippen molar-refractivity contribution in [3.05, 3.63) is 26.4 Å². The Kier molecular flexibility index (Phi) is 5.79. The van der Waals surface area contributed by atoms with Gasteiger partial charge in [-0.25, -0.2) is 9.59 Å². The molecule has 3 amide bonds. The smallest absolute Gasteiger partial charge is 0.334 e. The molecule has 11 heteroatoms. The zero-order valence-corrected chi connectivity index (χ0v) is 21.1. The summed E-state index contributed by atoms with van der Waals surface area (Å²) in [7, 11) is 3.19. The van der Waals surface area contributed by atoms with Crippen LogP contribution in [0.3, 0.4) is 0 Å². The first kappa shape index (κ1) is 24.6. The van der Waals surface area contributed by atoms with E-state index in [2.05, 4.69) is 0 Å². The molecule has 5 rings (SSSR count). The molecule has 4 aliphatic rings. The molecule has 4 fully saturated rings. The molecule has 2 spiro atoms. The Bertz CT molecular complexity index is 1230. The predicted molar refractivity (Wildman–Crippen MR) is 132 cm³/mol. The molecule has 11 nitrogen and oxygen atoms in total. The molecule has 0 atom stereocenters. The van der Waals surface area contributed by atoms with Crippen LogP contribution in [-0.2, 0) is 11.3 Å². The van der Waals surface area contributed by atoms with Crippen LogP contribution in [0.4, 0.5) is 4.79 Å². The first-order chi connectivity index (χ1) is 17.0. The highest BCUT2D eigenvalue weighted by Gasteiger charge is 2.66. The number of nitrogens with zero attached hydrogens (tertiary/aromatic N) is 4. The third kappa shape index (κ3) is 3.49. The molecular weight excluding hydrogens is 464 g/mol. The molecule has 2 heterocycles. The fourth-order valence-corrected chi connectivity index (χ4v) is 7.38. The highest BCUT2D eigenvalue weighted by atomic mass is 16.3. The van der Waals surface area contributed by atoms with Gasteiger partial charge in [0, 0.05) is 26.7 Å². The van der Waals surface area contributed by atoms with Crippen molar-refractivity contribution in [1.29, 1.82) is 5.41 Å². The van der Waals surface area contributed by atoms with Gasteiger partial charge in [0.1, 0.15) is 16.9 Å². The Morgan fingerprint density at radius 1 is 1.06 bits per heavy atom. The second-order valence-electron chi connectivity index (χ2n) is 11.5. The van der Waals surface area contributed by atoms with Gasteiger partial charge < -0.3 is 15.7 Å². The van der Waals surface area contributed by atoms with Crippen molar-refractivity contribution in [3.63, 3.8) is 0 Å². The van der Waals surface area contributed by atoms with Crippen molar-refractivity contribution in [3.8, 4) is 5.88 Å². The Labute approximate surface area is 209 Å². The number of amidine groups is 1. The van der Waals surface area contributed by atoms with Crippen LogP contribution in [0.5, 0.6) is 5.88 Å². The summed E-state index contributed by atoms with van der Waals surface area (Å²) in [5.74, 6) is -0.740. The number of aromatic nitrogens is 2. The van der Waals surface area contributed by atoms with Gasteiger partial charge in [-0.05, 0) is 56.3 Å². The first-order valence-electron chi connectivity index (χ1n) is 13.0. The van der Waals surface area contributed by atoms with E-state index in [1.165, 1.54) is 33.9 Å². The number of urea groups is 1. The van der Waals surface area contributed by atoms with E-state index in [1.54, 1.807) is 11.9 Å². The molecule has 1 aromatic rings. The standard InChI is InChI=1S/C25H36N6O5/c1-28-21(34)25(29(2)22(28)35)13-24(14-25)10-7-16(8-11-24)31-20(33)17(18(26)27)19(32)30(23(31)36)12-9-15-5-3-4-6-15/h15-16,32H,3-14H2,1-2H3,(H3,26,27).